The first-order valence-electron chi connectivity index (χ1n) is 10.6. The lowest BCUT2D eigenvalue weighted by atomic mass is 10.0. The Morgan fingerprint density at radius 1 is 0.968 bits per heavy atom. The van der Waals surface area contributed by atoms with Gasteiger partial charge in [-0.1, -0.05) is 48.5 Å². The number of hydrogen-bond acceptors (Lipinski definition) is 5. The summed E-state index contributed by atoms with van der Waals surface area (Å²) in [5.41, 5.74) is 4.64. The third-order valence-electron chi connectivity index (χ3n) is 5.28. The monoisotopic (exact) mass is 417 g/mol. The molecule has 0 aliphatic carbocycles. The molecule has 0 bridgehead atoms. The van der Waals surface area contributed by atoms with Crippen molar-refractivity contribution in [3.8, 4) is 11.5 Å². The van der Waals surface area contributed by atoms with Gasteiger partial charge in [-0.25, -0.2) is 0 Å². The highest BCUT2D eigenvalue weighted by atomic mass is 16.6. The Morgan fingerprint density at radius 2 is 1.74 bits per heavy atom. The van der Waals surface area contributed by atoms with E-state index >= 15 is 0 Å². The van der Waals surface area contributed by atoms with Crippen LogP contribution in [0.1, 0.15) is 35.3 Å². The van der Waals surface area contributed by atoms with E-state index in [0.717, 1.165) is 42.1 Å². The highest BCUT2D eigenvalue weighted by Gasteiger charge is 2.17. The van der Waals surface area contributed by atoms with Crippen LogP contribution in [0, 0.1) is 0 Å². The molecule has 0 radical (unpaired) electrons. The number of carbonyl (C=O) groups excluding carboxylic acids is 1. The van der Waals surface area contributed by atoms with Crippen molar-refractivity contribution >= 4 is 5.97 Å². The molecule has 3 aromatic rings. The van der Waals surface area contributed by atoms with Crippen molar-refractivity contribution in [1.82, 2.24) is 5.32 Å². The number of esters is 1. The quantitative estimate of drug-likeness (QED) is 0.543. The first-order valence-corrected chi connectivity index (χ1v) is 10.6. The number of rotatable bonds is 8. The maximum absolute atomic E-state index is 11.4. The maximum atomic E-state index is 11.4. The molecule has 1 N–H and O–H groups in total. The average molecular weight is 418 g/mol. The van der Waals surface area contributed by atoms with Gasteiger partial charge >= 0.3 is 5.97 Å². The van der Waals surface area contributed by atoms with Crippen molar-refractivity contribution in [1.29, 1.82) is 0 Å². The Morgan fingerprint density at radius 3 is 2.52 bits per heavy atom. The molecule has 4 rings (SSSR count). The second-order valence-electron chi connectivity index (χ2n) is 7.61. The van der Waals surface area contributed by atoms with Gasteiger partial charge in [0.25, 0.3) is 0 Å². The summed E-state index contributed by atoms with van der Waals surface area (Å²) in [6.45, 7) is 3.91. The van der Waals surface area contributed by atoms with E-state index in [1.54, 1.807) is 0 Å². The van der Waals surface area contributed by atoms with Crippen molar-refractivity contribution in [3.05, 3.63) is 95.1 Å². The second-order valence-corrected chi connectivity index (χ2v) is 7.61. The second kappa shape index (κ2) is 10.1. The molecule has 5 nitrogen and oxygen atoms in total. The Balaban J connectivity index is 1.45. The first kappa shape index (κ1) is 20.9. The van der Waals surface area contributed by atoms with Crippen LogP contribution in [0.5, 0.6) is 11.5 Å². The van der Waals surface area contributed by atoms with Crippen LogP contribution in [0.4, 0.5) is 0 Å². The fraction of sp³-hybridized carbons (Fsp3) is 0.269. The fourth-order valence-electron chi connectivity index (χ4n) is 3.61. The van der Waals surface area contributed by atoms with Crippen LogP contribution in [-0.4, -0.2) is 19.1 Å². The third-order valence-corrected chi connectivity index (χ3v) is 5.28. The lowest BCUT2D eigenvalue weighted by molar-refractivity contribution is -0.143. The van der Waals surface area contributed by atoms with Crippen molar-refractivity contribution in [2.45, 2.75) is 32.6 Å². The topological polar surface area (TPSA) is 56.8 Å². The normalized spacial score (nSPS) is 13.7. The predicted octanol–water partition coefficient (Wildman–Crippen LogP) is 4.59. The zero-order valence-electron chi connectivity index (χ0n) is 17.7. The largest absolute Gasteiger partial charge is 0.489 e. The molecule has 0 amide bonds. The molecule has 0 saturated carbocycles. The zero-order valence-corrected chi connectivity index (χ0v) is 17.7. The van der Waals surface area contributed by atoms with Gasteiger partial charge in [-0.05, 0) is 59.5 Å². The summed E-state index contributed by atoms with van der Waals surface area (Å²) in [6, 6.07) is 24.0. The summed E-state index contributed by atoms with van der Waals surface area (Å²) in [7, 11) is 0. The highest BCUT2D eigenvalue weighted by molar-refractivity contribution is 5.65. The Hall–Kier alpha value is -3.31. The lowest BCUT2D eigenvalue weighted by Crippen LogP contribution is -2.23. The Bertz CT molecular complexity index is 1000. The van der Waals surface area contributed by atoms with Crippen LogP contribution in [-0.2, 0) is 29.1 Å². The van der Waals surface area contributed by atoms with E-state index in [1.807, 2.05) is 60.7 Å². The number of carbonyl (C=O) groups is 1. The van der Waals surface area contributed by atoms with E-state index in [-0.39, 0.29) is 12.6 Å². The van der Waals surface area contributed by atoms with E-state index in [9.17, 15) is 4.79 Å². The molecule has 0 aromatic heterocycles. The maximum Gasteiger partial charge on any atom is 0.302 e. The minimum absolute atomic E-state index is 0.148. The van der Waals surface area contributed by atoms with Gasteiger partial charge in [-0.3, -0.25) is 4.79 Å². The van der Waals surface area contributed by atoms with Crippen LogP contribution in [0.2, 0.25) is 0 Å². The van der Waals surface area contributed by atoms with E-state index < -0.39 is 6.10 Å². The molecular formula is C26H27NO4. The molecule has 160 valence electrons. The highest BCUT2D eigenvalue weighted by Crippen LogP contribution is 2.27. The van der Waals surface area contributed by atoms with E-state index in [1.165, 1.54) is 18.1 Å². The van der Waals surface area contributed by atoms with Crippen molar-refractivity contribution in [2.75, 3.05) is 13.2 Å². The lowest BCUT2D eigenvalue weighted by Gasteiger charge is -2.22. The van der Waals surface area contributed by atoms with Crippen LogP contribution in [0.15, 0.2) is 72.8 Å². The molecule has 0 fully saturated rings. The summed E-state index contributed by atoms with van der Waals surface area (Å²) >= 11 is 0. The van der Waals surface area contributed by atoms with E-state index in [2.05, 4.69) is 17.4 Å². The van der Waals surface area contributed by atoms with Crippen LogP contribution in [0.3, 0.4) is 0 Å². The molecule has 1 atom stereocenters. The molecule has 1 heterocycles. The fourth-order valence-corrected chi connectivity index (χ4v) is 3.61. The summed E-state index contributed by atoms with van der Waals surface area (Å²) in [6.07, 6.45) is 0.624. The van der Waals surface area contributed by atoms with Gasteiger partial charge in [0.1, 0.15) is 24.7 Å². The number of ether oxygens (including phenoxy) is 3. The van der Waals surface area contributed by atoms with Gasteiger partial charge in [0.05, 0.1) is 0 Å². The van der Waals surface area contributed by atoms with Crippen molar-refractivity contribution < 1.29 is 19.0 Å². The number of nitrogens with one attached hydrogen (secondary N) is 1. The van der Waals surface area contributed by atoms with Gasteiger partial charge in [0, 0.05) is 13.5 Å². The van der Waals surface area contributed by atoms with Crippen LogP contribution in [0.25, 0.3) is 0 Å². The summed E-state index contributed by atoms with van der Waals surface area (Å²) < 4.78 is 17.4. The van der Waals surface area contributed by atoms with Gasteiger partial charge in [0.2, 0.25) is 0 Å². The Labute approximate surface area is 183 Å². The van der Waals surface area contributed by atoms with Crippen LogP contribution < -0.4 is 14.8 Å². The zero-order chi connectivity index (χ0) is 21.5. The van der Waals surface area contributed by atoms with Crippen molar-refractivity contribution in [3.63, 3.8) is 0 Å². The predicted molar refractivity (Wildman–Crippen MR) is 119 cm³/mol. The van der Waals surface area contributed by atoms with Gasteiger partial charge in [0.15, 0.2) is 6.10 Å². The Kier molecular flexibility index (Phi) is 6.85. The first-order chi connectivity index (χ1) is 15.2. The van der Waals surface area contributed by atoms with E-state index in [4.69, 9.17) is 14.2 Å². The molecule has 0 saturated heterocycles. The minimum atomic E-state index is -0.401. The van der Waals surface area contributed by atoms with Gasteiger partial charge < -0.3 is 19.5 Å². The third kappa shape index (κ3) is 5.86. The molecule has 0 spiro atoms. The summed E-state index contributed by atoms with van der Waals surface area (Å²) in [5, 5.41) is 3.38. The van der Waals surface area contributed by atoms with Crippen molar-refractivity contribution in [2.24, 2.45) is 0 Å². The van der Waals surface area contributed by atoms with E-state index in [0.29, 0.717) is 6.61 Å². The standard InChI is InChI=1S/C26H27NO4/c1-19(28)29-18-26(31-25-12-7-21-13-14-27-16-23(21)15-25)22-8-10-24(11-9-22)30-17-20-5-3-2-4-6-20/h2-12,15,26-27H,13-14,16-18H2,1H3. The number of fused-ring (bicyclic) bond motifs is 1. The molecule has 1 aliphatic rings. The summed E-state index contributed by atoms with van der Waals surface area (Å²) in [5.74, 6) is 1.22. The molecule has 1 unspecified atom stereocenters. The van der Waals surface area contributed by atoms with Gasteiger partial charge in [-0.2, -0.15) is 0 Å². The number of benzene rings is 3. The molecular weight excluding hydrogens is 390 g/mol. The van der Waals surface area contributed by atoms with Gasteiger partial charge in [-0.15, -0.1) is 0 Å². The SMILES string of the molecule is CC(=O)OCC(Oc1ccc2c(c1)CNCC2)c1ccc(OCc2ccccc2)cc1. The molecule has 3 aromatic carbocycles. The summed E-state index contributed by atoms with van der Waals surface area (Å²) in [4.78, 5) is 11.4. The number of hydrogen-bond donors (Lipinski definition) is 1. The van der Waals surface area contributed by atoms with Crippen LogP contribution >= 0.6 is 0 Å². The molecule has 1 aliphatic heterocycles. The smallest absolute Gasteiger partial charge is 0.302 e. The minimum Gasteiger partial charge on any atom is -0.489 e. The molecule has 5 heteroatoms. The average Bonchev–Trinajstić information content (AvgIpc) is 2.81. The molecule has 31 heavy (non-hydrogen) atoms.